The molecule has 5 rings (SSSR count). The molecule has 1 aromatic heterocycles. The van der Waals surface area contributed by atoms with Crippen molar-refractivity contribution in [1.29, 1.82) is 0 Å². The lowest BCUT2D eigenvalue weighted by Gasteiger charge is -2.46. The summed E-state index contributed by atoms with van der Waals surface area (Å²) < 4.78 is 36.7. The van der Waals surface area contributed by atoms with Gasteiger partial charge in [0.05, 0.1) is 6.04 Å². The second-order valence-corrected chi connectivity index (χ2v) is 8.83. The number of rotatable bonds is 2. The molecule has 0 saturated carbocycles. The van der Waals surface area contributed by atoms with Gasteiger partial charge in [0.1, 0.15) is 19.3 Å². The van der Waals surface area contributed by atoms with E-state index in [1.165, 1.54) is 23.0 Å². The number of halogens is 2. The molecule has 9 heteroatoms. The van der Waals surface area contributed by atoms with Gasteiger partial charge in [-0.2, -0.15) is 4.39 Å². The summed E-state index contributed by atoms with van der Waals surface area (Å²) in [5.74, 6) is -3.57. The monoisotopic (exact) mass is 493 g/mol. The van der Waals surface area contributed by atoms with Gasteiger partial charge >= 0.3 is 0 Å². The molecular weight excluding hydrogens is 468 g/mol. The van der Waals surface area contributed by atoms with Crippen LogP contribution in [-0.2, 0) is 0 Å². The highest BCUT2D eigenvalue weighted by molar-refractivity contribution is 5.96. The van der Waals surface area contributed by atoms with Crippen molar-refractivity contribution in [1.82, 2.24) is 9.58 Å². The van der Waals surface area contributed by atoms with Gasteiger partial charge in [0, 0.05) is 17.8 Å². The Hall–Kier alpha value is -4.14. The van der Waals surface area contributed by atoms with E-state index in [2.05, 4.69) is 0 Å². The Kier molecular flexibility index (Phi) is 5.99. The number of hydrogen-bond acceptors (Lipinski definition) is 5. The van der Waals surface area contributed by atoms with E-state index < -0.39 is 40.8 Å². The normalized spacial score (nSPS) is 20.2. The van der Waals surface area contributed by atoms with Crippen molar-refractivity contribution in [2.75, 3.05) is 18.3 Å². The summed E-state index contributed by atoms with van der Waals surface area (Å²) >= 11 is 0. The van der Waals surface area contributed by atoms with Gasteiger partial charge < -0.3 is 14.7 Å². The maximum Gasteiger partial charge on any atom is 0.278 e. The number of aromatic nitrogens is 1. The minimum atomic E-state index is -1.11. The van der Waals surface area contributed by atoms with Crippen molar-refractivity contribution in [3.63, 3.8) is 0 Å². The fourth-order valence-electron chi connectivity index (χ4n) is 4.91. The fraction of sp³-hybridized carbons (Fsp3) is 0.259. The molecule has 0 radical (unpaired) electrons. The molecule has 2 atom stereocenters. The van der Waals surface area contributed by atoms with E-state index in [0.717, 1.165) is 17.2 Å². The van der Waals surface area contributed by atoms with Crippen LogP contribution in [0.15, 0.2) is 65.6 Å². The zero-order valence-corrected chi connectivity index (χ0v) is 19.8. The van der Waals surface area contributed by atoms with Crippen LogP contribution in [0.4, 0.5) is 8.78 Å². The van der Waals surface area contributed by atoms with Gasteiger partial charge in [-0.15, -0.1) is 0 Å². The number of hydrogen-bond donors (Lipinski definition) is 1. The van der Waals surface area contributed by atoms with E-state index in [1.807, 2.05) is 38.1 Å². The Balaban J connectivity index is 1.87. The molecule has 1 amide bonds. The average molecular weight is 494 g/mol. The molecule has 2 bridgehead atoms. The zero-order chi connectivity index (χ0) is 25.6. The Morgan fingerprint density at radius 3 is 2.61 bits per heavy atom. The van der Waals surface area contributed by atoms with Gasteiger partial charge in [0.25, 0.3) is 5.91 Å². The number of carbonyl (C=O) groups excluding carboxylic acids is 1. The molecule has 186 valence electrons. The molecule has 0 fully saturated rings. The molecule has 3 heterocycles. The third-order valence-corrected chi connectivity index (χ3v) is 6.75. The first-order valence-electron chi connectivity index (χ1n) is 11.7. The van der Waals surface area contributed by atoms with Crippen molar-refractivity contribution < 1.29 is 23.4 Å². The van der Waals surface area contributed by atoms with Crippen LogP contribution in [0, 0.1) is 18.6 Å². The lowest BCUT2D eigenvalue weighted by molar-refractivity contribution is 0.0626. The van der Waals surface area contributed by atoms with Gasteiger partial charge in [0.2, 0.25) is 11.2 Å². The summed E-state index contributed by atoms with van der Waals surface area (Å²) in [6.45, 7) is 3.81. The van der Waals surface area contributed by atoms with Crippen molar-refractivity contribution >= 4 is 5.91 Å². The number of fused-ring (bicyclic) bond motifs is 5. The van der Waals surface area contributed by atoms with Crippen LogP contribution in [0.1, 0.15) is 46.6 Å². The largest absolute Gasteiger partial charge is 0.502 e. The van der Waals surface area contributed by atoms with E-state index in [4.69, 9.17) is 4.74 Å². The standard InChI is InChI=1S/C27H25F2N3O4/c1-3-17-8-6-14-36-26-19(10-11-20(28)22(26)29)23(18-9-5-4-7-16(18)2)32-15-30(17)27(35)24-25(34)21(33)12-13-31(24)32/h4-13,17,23,34H,3,14-15H2,1-2H3/b8-6+/t17-,23-/m0/s1. The van der Waals surface area contributed by atoms with Crippen molar-refractivity contribution in [2.24, 2.45) is 0 Å². The average Bonchev–Trinajstić information content (AvgIpc) is 2.89. The second kappa shape index (κ2) is 9.14. The summed E-state index contributed by atoms with van der Waals surface area (Å²) in [6, 6.07) is 9.98. The summed E-state index contributed by atoms with van der Waals surface area (Å²) in [7, 11) is 0. The van der Waals surface area contributed by atoms with Crippen molar-refractivity contribution in [2.45, 2.75) is 32.4 Å². The summed E-state index contributed by atoms with van der Waals surface area (Å²) in [4.78, 5) is 27.5. The Morgan fingerprint density at radius 1 is 1.08 bits per heavy atom. The number of nitrogens with zero attached hydrogens (tertiary/aromatic N) is 3. The Morgan fingerprint density at radius 2 is 1.86 bits per heavy atom. The minimum absolute atomic E-state index is 0.0392. The number of carbonyl (C=O) groups is 1. The van der Waals surface area contributed by atoms with Crippen LogP contribution in [0.2, 0.25) is 0 Å². The highest BCUT2D eigenvalue weighted by Gasteiger charge is 2.40. The zero-order valence-electron chi connectivity index (χ0n) is 19.8. The second-order valence-electron chi connectivity index (χ2n) is 8.83. The number of aromatic hydroxyl groups is 1. The maximum absolute atomic E-state index is 15.2. The number of amides is 1. The predicted octanol–water partition coefficient (Wildman–Crippen LogP) is 4.01. The van der Waals surface area contributed by atoms with Gasteiger partial charge in [0.15, 0.2) is 23.0 Å². The molecule has 7 nitrogen and oxygen atoms in total. The number of ether oxygens (including phenoxy) is 1. The van der Waals surface area contributed by atoms with E-state index in [-0.39, 0.29) is 24.7 Å². The molecular formula is C27H25F2N3O4. The molecule has 1 N–H and O–H groups in total. The Bertz CT molecular complexity index is 1440. The van der Waals surface area contributed by atoms with Gasteiger partial charge in [-0.3, -0.25) is 19.3 Å². The van der Waals surface area contributed by atoms with Crippen molar-refractivity contribution in [3.8, 4) is 11.5 Å². The van der Waals surface area contributed by atoms with E-state index in [9.17, 15) is 19.1 Å². The van der Waals surface area contributed by atoms with Gasteiger partial charge in [-0.1, -0.05) is 37.3 Å². The third kappa shape index (κ3) is 3.71. The van der Waals surface area contributed by atoms with E-state index in [0.29, 0.717) is 12.0 Å². The van der Waals surface area contributed by atoms with Crippen LogP contribution < -0.4 is 15.2 Å². The van der Waals surface area contributed by atoms with Gasteiger partial charge in [-0.25, -0.2) is 4.39 Å². The molecule has 2 aliphatic heterocycles. The lowest BCUT2D eigenvalue weighted by Crippen LogP contribution is -2.57. The maximum atomic E-state index is 15.2. The number of pyridine rings is 1. The third-order valence-electron chi connectivity index (χ3n) is 6.75. The van der Waals surface area contributed by atoms with E-state index in [1.54, 1.807) is 22.1 Å². The molecule has 2 aromatic carbocycles. The highest BCUT2D eigenvalue weighted by atomic mass is 19.2. The molecule has 0 saturated heterocycles. The molecule has 2 aliphatic rings. The first-order valence-corrected chi connectivity index (χ1v) is 11.7. The molecule has 0 unspecified atom stereocenters. The van der Waals surface area contributed by atoms with Crippen LogP contribution in [-0.4, -0.2) is 39.9 Å². The van der Waals surface area contributed by atoms with Crippen LogP contribution in [0.3, 0.4) is 0 Å². The summed E-state index contributed by atoms with van der Waals surface area (Å²) in [6.07, 6.45) is 5.36. The topological polar surface area (TPSA) is 75.0 Å². The predicted molar refractivity (Wildman–Crippen MR) is 130 cm³/mol. The summed E-state index contributed by atoms with van der Waals surface area (Å²) in [5.41, 5.74) is 1.09. The minimum Gasteiger partial charge on any atom is -0.502 e. The quantitative estimate of drug-likeness (QED) is 0.546. The smallest absolute Gasteiger partial charge is 0.278 e. The SMILES string of the molecule is CC[C@H]1/C=C/COc2c(ccc(F)c2F)[C@H](c2ccccc2C)N2CN1C(=O)c1c(O)c(=O)ccn12. The highest BCUT2D eigenvalue weighted by Crippen LogP contribution is 2.40. The van der Waals surface area contributed by atoms with Gasteiger partial charge in [-0.05, 0) is 42.7 Å². The van der Waals surface area contributed by atoms with Crippen LogP contribution in [0.25, 0.3) is 0 Å². The first-order chi connectivity index (χ1) is 17.3. The lowest BCUT2D eigenvalue weighted by atomic mass is 9.93. The molecule has 36 heavy (non-hydrogen) atoms. The van der Waals surface area contributed by atoms with Crippen molar-refractivity contribution in [3.05, 3.63) is 105 Å². The molecule has 0 aliphatic carbocycles. The first kappa shape index (κ1) is 23.6. The van der Waals surface area contributed by atoms with Crippen LogP contribution >= 0.6 is 0 Å². The summed E-state index contributed by atoms with van der Waals surface area (Å²) in [5, 5.41) is 12.4. The molecule has 0 spiro atoms. The Labute approximate surface area is 206 Å². The number of benzene rings is 2. The molecule has 3 aromatic rings. The van der Waals surface area contributed by atoms with Crippen LogP contribution in [0.5, 0.6) is 11.5 Å². The number of aryl methyl sites for hydroxylation is 1. The van der Waals surface area contributed by atoms with E-state index >= 15 is 4.39 Å². The fourth-order valence-corrected chi connectivity index (χ4v) is 4.91.